The van der Waals surface area contributed by atoms with Crippen LogP contribution in [0.1, 0.15) is 69.9 Å². The van der Waals surface area contributed by atoms with Crippen LogP contribution in [0.3, 0.4) is 0 Å². The molecule has 4 aromatic rings. The van der Waals surface area contributed by atoms with Crippen molar-refractivity contribution >= 4 is 23.2 Å². The van der Waals surface area contributed by atoms with Gasteiger partial charge in [0.25, 0.3) is 0 Å². The first kappa shape index (κ1) is 43.7. The van der Waals surface area contributed by atoms with Crippen LogP contribution in [-0.4, -0.2) is 121 Å². The molecule has 3 heterocycles. The van der Waals surface area contributed by atoms with Crippen LogP contribution in [0.5, 0.6) is 0 Å². The van der Waals surface area contributed by atoms with E-state index < -0.39 is 0 Å². The second kappa shape index (κ2) is 21.4. The van der Waals surface area contributed by atoms with Crippen LogP contribution in [0.25, 0.3) is 0 Å². The van der Waals surface area contributed by atoms with Gasteiger partial charge in [0.1, 0.15) is 0 Å². The highest BCUT2D eigenvalue weighted by molar-refractivity contribution is 5.94. The Balaban J connectivity index is 0.000000182. The highest BCUT2D eigenvalue weighted by Gasteiger charge is 2.47. The van der Waals surface area contributed by atoms with E-state index in [-0.39, 0.29) is 22.9 Å². The monoisotopic (exact) mass is 813 g/mol. The molecule has 0 spiro atoms. The topological polar surface area (TPSA) is 62.8 Å². The normalized spacial score (nSPS) is 19.6. The molecule has 1 saturated carbocycles. The molecule has 4 aromatic carbocycles. The van der Waals surface area contributed by atoms with E-state index in [2.05, 4.69) is 97.3 Å². The first-order chi connectivity index (χ1) is 29.4. The Bertz CT molecular complexity index is 1870. The minimum atomic E-state index is -0.0699. The SMILES string of the molecule is CCC(=O)N(CC1(N2CCN(Cc3ccccc3)CC2)CCCCC1)c1ccccc1.CCC(=O)N(CC1(N2CCN(Cc3ccccc3)CC2)COC1)c1ccccc1. The molecular weight excluding hydrogens is 745 g/mol. The molecule has 3 aliphatic heterocycles. The molecule has 0 N–H and O–H groups in total. The van der Waals surface area contributed by atoms with Crippen molar-refractivity contribution in [3.63, 3.8) is 0 Å². The zero-order valence-electron chi connectivity index (χ0n) is 36.3. The van der Waals surface area contributed by atoms with E-state index in [1.807, 2.05) is 67.3 Å². The fourth-order valence-electron chi connectivity index (χ4n) is 9.77. The smallest absolute Gasteiger partial charge is 0.226 e. The van der Waals surface area contributed by atoms with Gasteiger partial charge in [-0.25, -0.2) is 0 Å². The van der Waals surface area contributed by atoms with Gasteiger partial charge in [-0.15, -0.1) is 0 Å². The van der Waals surface area contributed by atoms with E-state index in [4.69, 9.17) is 4.74 Å². The van der Waals surface area contributed by atoms with Crippen LogP contribution < -0.4 is 9.80 Å². The van der Waals surface area contributed by atoms with Gasteiger partial charge in [-0.05, 0) is 48.2 Å². The minimum Gasteiger partial charge on any atom is -0.377 e. The average Bonchev–Trinajstić information content (AvgIpc) is 3.30. The maximum atomic E-state index is 13.0. The summed E-state index contributed by atoms with van der Waals surface area (Å²) in [6, 6.07) is 41.8. The Hall–Kier alpha value is -4.38. The lowest BCUT2D eigenvalue weighted by molar-refractivity contribution is -0.147. The van der Waals surface area contributed by atoms with Gasteiger partial charge in [-0.3, -0.25) is 29.2 Å². The molecule has 0 unspecified atom stereocenters. The van der Waals surface area contributed by atoms with Gasteiger partial charge < -0.3 is 14.5 Å². The van der Waals surface area contributed by atoms with Crippen LogP contribution in [0.2, 0.25) is 0 Å². The fourth-order valence-corrected chi connectivity index (χ4v) is 9.77. The predicted molar refractivity (Wildman–Crippen MR) is 244 cm³/mol. The van der Waals surface area contributed by atoms with E-state index >= 15 is 0 Å². The number of para-hydroxylation sites is 2. The Labute approximate surface area is 359 Å². The van der Waals surface area contributed by atoms with E-state index in [1.54, 1.807) is 0 Å². The number of ether oxygens (including phenoxy) is 1. The third-order valence-corrected chi connectivity index (χ3v) is 13.4. The van der Waals surface area contributed by atoms with Crippen molar-refractivity contribution in [2.45, 2.75) is 83.0 Å². The van der Waals surface area contributed by atoms with E-state index in [9.17, 15) is 9.59 Å². The van der Waals surface area contributed by atoms with Gasteiger partial charge in [-0.1, -0.05) is 130 Å². The number of anilines is 2. The van der Waals surface area contributed by atoms with Gasteiger partial charge in [0.05, 0.1) is 18.8 Å². The van der Waals surface area contributed by atoms with Gasteiger partial charge in [-0.2, -0.15) is 0 Å². The van der Waals surface area contributed by atoms with E-state index in [1.165, 1.54) is 43.2 Å². The number of carbonyl (C=O) groups is 2. The van der Waals surface area contributed by atoms with Crippen LogP contribution in [0.4, 0.5) is 11.4 Å². The van der Waals surface area contributed by atoms with Crippen LogP contribution >= 0.6 is 0 Å². The maximum absolute atomic E-state index is 13.0. The fraction of sp³-hybridized carbons (Fsp3) is 0.490. The summed E-state index contributed by atoms with van der Waals surface area (Å²) in [6.07, 6.45) is 7.33. The lowest BCUT2D eigenvalue weighted by atomic mass is 9.79. The zero-order chi connectivity index (χ0) is 41.6. The van der Waals surface area contributed by atoms with E-state index in [0.29, 0.717) is 32.6 Å². The Morgan fingerprint density at radius 2 is 0.867 bits per heavy atom. The molecule has 0 atom stereocenters. The second-order valence-corrected chi connectivity index (χ2v) is 17.3. The summed E-state index contributed by atoms with van der Waals surface area (Å²) < 4.78 is 5.67. The second-order valence-electron chi connectivity index (χ2n) is 17.3. The van der Waals surface area contributed by atoms with Crippen molar-refractivity contribution in [3.8, 4) is 0 Å². The van der Waals surface area contributed by atoms with Crippen molar-refractivity contribution in [2.75, 3.05) is 88.5 Å². The number of carbonyl (C=O) groups excluding carboxylic acids is 2. The Kier molecular flexibility index (Phi) is 15.6. The number of rotatable bonds is 14. The minimum absolute atomic E-state index is 0.0699. The first-order valence-corrected chi connectivity index (χ1v) is 22.7. The van der Waals surface area contributed by atoms with Crippen LogP contribution in [0.15, 0.2) is 121 Å². The quantitative estimate of drug-likeness (QED) is 0.128. The molecule has 320 valence electrons. The summed E-state index contributed by atoms with van der Waals surface area (Å²) in [5.74, 6) is 0.407. The highest BCUT2D eigenvalue weighted by atomic mass is 16.5. The number of hydrogen-bond acceptors (Lipinski definition) is 7. The maximum Gasteiger partial charge on any atom is 0.226 e. The third-order valence-electron chi connectivity index (χ3n) is 13.4. The van der Waals surface area contributed by atoms with Crippen LogP contribution in [0, 0.1) is 0 Å². The van der Waals surface area contributed by atoms with Gasteiger partial charge >= 0.3 is 0 Å². The summed E-state index contributed by atoms with van der Waals surface area (Å²) in [5, 5.41) is 0. The molecule has 1 aliphatic carbocycles. The third kappa shape index (κ3) is 11.1. The highest BCUT2D eigenvalue weighted by Crippen LogP contribution is 2.37. The molecule has 4 fully saturated rings. The molecule has 4 aliphatic rings. The molecule has 0 radical (unpaired) electrons. The number of benzene rings is 4. The summed E-state index contributed by atoms with van der Waals surface area (Å²) in [6.45, 7) is 17.4. The number of piperazine rings is 2. The molecule has 9 nitrogen and oxygen atoms in total. The summed E-state index contributed by atoms with van der Waals surface area (Å²) in [4.78, 5) is 40.1. The van der Waals surface area contributed by atoms with E-state index in [0.717, 1.165) is 83.4 Å². The first-order valence-electron chi connectivity index (χ1n) is 22.7. The summed E-state index contributed by atoms with van der Waals surface area (Å²) in [5.41, 5.74) is 4.82. The number of nitrogens with zero attached hydrogens (tertiary/aromatic N) is 6. The summed E-state index contributed by atoms with van der Waals surface area (Å²) >= 11 is 0. The standard InChI is InChI=1S/C27H37N3O.C24H31N3O2/c1-2-26(31)30(25-14-8-4-9-15-25)23-27(16-10-5-11-17-27)29-20-18-28(19-21-29)22-24-12-6-3-7-13-24;1-2-23(28)27(22-11-7-4-8-12-22)18-24(19-29-20-24)26-15-13-25(14-16-26)17-21-9-5-3-6-10-21/h3-4,6-9,12-15H,2,5,10-11,16-23H2,1H3;3-12H,2,13-20H2,1H3. The van der Waals surface area contributed by atoms with Crippen molar-refractivity contribution in [2.24, 2.45) is 0 Å². The number of hydrogen-bond donors (Lipinski definition) is 0. The largest absolute Gasteiger partial charge is 0.377 e. The van der Waals surface area contributed by atoms with Crippen molar-refractivity contribution in [1.82, 2.24) is 19.6 Å². The predicted octanol–water partition coefficient (Wildman–Crippen LogP) is 7.97. The molecule has 0 bridgehead atoms. The lowest BCUT2D eigenvalue weighted by Gasteiger charge is -2.53. The average molecular weight is 813 g/mol. The lowest BCUT2D eigenvalue weighted by Crippen LogP contribution is -2.70. The van der Waals surface area contributed by atoms with Crippen LogP contribution in [-0.2, 0) is 27.4 Å². The van der Waals surface area contributed by atoms with Gasteiger partial charge in [0.2, 0.25) is 11.8 Å². The Morgan fingerprint density at radius 1 is 0.500 bits per heavy atom. The molecule has 0 aromatic heterocycles. The van der Waals surface area contributed by atoms with Crippen molar-refractivity contribution in [3.05, 3.63) is 132 Å². The molecule has 3 saturated heterocycles. The zero-order valence-corrected chi connectivity index (χ0v) is 36.3. The van der Waals surface area contributed by atoms with Gasteiger partial charge in [0.15, 0.2) is 0 Å². The molecule has 8 rings (SSSR count). The molecular formula is C51H68N6O3. The number of amides is 2. The van der Waals surface area contributed by atoms with Crippen molar-refractivity contribution < 1.29 is 14.3 Å². The molecule has 60 heavy (non-hydrogen) atoms. The van der Waals surface area contributed by atoms with Crippen molar-refractivity contribution in [1.29, 1.82) is 0 Å². The summed E-state index contributed by atoms with van der Waals surface area (Å²) in [7, 11) is 0. The molecule has 9 heteroatoms. The molecule has 2 amide bonds. The van der Waals surface area contributed by atoms with Gasteiger partial charge in [0, 0.05) is 108 Å². The Morgan fingerprint density at radius 3 is 1.23 bits per heavy atom.